The molecule has 2 amide bonds. The molecular formula is C11H19NO3. The molecule has 0 bridgehead atoms. The first kappa shape index (κ1) is 12.2. The Labute approximate surface area is 90.3 Å². The van der Waals surface area contributed by atoms with E-state index in [9.17, 15) is 9.59 Å². The maximum absolute atomic E-state index is 12.1. The van der Waals surface area contributed by atoms with E-state index in [1.54, 1.807) is 6.92 Å². The fraction of sp³-hybridized carbons (Fsp3) is 0.818. The SMILES string of the molecule is CCC1(CC)CC(=O)N([C@@H](C)CO)C1=O. The number of nitrogens with zero attached hydrogens (tertiary/aromatic N) is 1. The Morgan fingerprint density at radius 3 is 2.27 bits per heavy atom. The zero-order chi connectivity index (χ0) is 11.6. The van der Waals surface area contributed by atoms with Gasteiger partial charge in [0.25, 0.3) is 0 Å². The summed E-state index contributed by atoms with van der Waals surface area (Å²) < 4.78 is 0. The molecule has 1 saturated heterocycles. The van der Waals surface area contributed by atoms with Crippen LogP contribution in [0.1, 0.15) is 40.0 Å². The lowest BCUT2D eigenvalue weighted by atomic mass is 9.81. The van der Waals surface area contributed by atoms with Crippen molar-refractivity contribution in [1.82, 2.24) is 4.90 Å². The maximum atomic E-state index is 12.1. The minimum absolute atomic E-state index is 0.112. The first-order valence-corrected chi connectivity index (χ1v) is 5.49. The second kappa shape index (κ2) is 4.31. The van der Waals surface area contributed by atoms with E-state index in [-0.39, 0.29) is 18.4 Å². The second-order valence-electron chi connectivity index (χ2n) is 4.26. The molecule has 0 radical (unpaired) electrons. The highest BCUT2D eigenvalue weighted by molar-refractivity contribution is 6.06. The number of rotatable bonds is 4. The number of hydrogen-bond donors (Lipinski definition) is 1. The van der Waals surface area contributed by atoms with Crippen LogP contribution in [0.4, 0.5) is 0 Å². The van der Waals surface area contributed by atoms with Crippen LogP contribution in [0.3, 0.4) is 0 Å². The highest BCUT2D eigenvalue weighted by Gasteiger charge is 2.50. The molecule has 0 aromatic carbocycles. The molecule has 1 N–H and O–H groups in total. The van der Waals surface area contributed by atoms with E-state index in [0.29, 0.717) is 19.3 Å². The van der Waals surface area contributed by atoms with Gasteiger partial charge in [-0.1, -0.05) is 13.8 Å². The molecule has 1 fully saturated rings. The Kier molecular flexibility index (Phi) is 3.50. The van der Waals surface area contributed by atoms with Gasteiger partial charge >= 0.3 is 0 Å². The molecule has 86 valence electrons. The normalized spacial score (nSPS) is 22.3. The Morgan fingerprint density at radius 2 is 1.93 bits per heavy atom. The van der Waals surface area contributed by atoms with Crippen LogP contribution >= 0.6 is 0 Å². The first-order valence-electron chi connectivity index (χ1n) is 5.49. The molecule has 4 heteroatoms. The number of aliphatic hydroxyl groups excluding tert-OH is 1. The zero-order valence-electron chi connectivity index (χ0n) is 9.62. The van der Waals surface area contributed by atoms with Gasteiger partial charge in [0.05, 0.1) is 18.1 Å². The topological polar surface area (TPSA) is 57.6 Å². The predicted octanol–water partition coefficient (Wildman–Crippen LogP) is 0.932. The summed E-state index contributed by atoms with van der Waals surface area (Å²) in [5, 5.41) is 9.00. The Bertz CT molecular complexity index is 271. The molecule has 1 aliphatic heterocycles. The fourth-order valence-electron chi connectivity index (χ4n) is 2.15. The quantitative estimate of drug-likeness (QED) is 0.707. The molecule has 1 atom stereocenters. The smallest absolute Gasteiger partial charge is 0.236 e. The molecule has 0 spiro atoms. The molecule has 4 nitrogen and oxygen atoms in total. The fourth-order valence-corrected chi connectivity index (χ4v) is 2.15. The molecule has 0 unspecified atom stereocenters. The highest BCUT2D eigenvalue weighted by atomic mass is 16.3. The average Bonchev–Trinajstić information content (AvgIpc) is 2.50. The summed E-state index contributed by atoms with van der Waals surface area (Å²) in [7, 11) is 0. The second-order valence-corrected chi connectivity index (χ2v) is 4.26. The zero-order valence-corrected chi connectivity index (χ0v) is 9.62. The number of imide groups is 1. The van der Waals surface area contributed by atoms with Gasteiger partial charge in [-0.25, -0.2) is 0 Å². The number of hydrogen-bond acceptors (Lipinski definition) is 3. The van der Waals surface area contributed by atoms with Crippen molar-refractivity contribution < 1.29 is 14.7 Å². The Balaban J connectivity index is 2.97. The van der Waals surface area contributed by atoms with Crippen molar-refractivity contribution in [2.45, 2.75) is 46.1 Å². The van der Waals surface area contributed by atoms with Gasteiger partial charge in [0.1, 0.15) is 0 Å². The van der Waals surface area contributed by atoms with Crippen LogP contribution in [0.2, 0.25) is 0 Å². The molecule has 15 heavy (non-hydrogen) atoms. The van der Waals surface area contributed by atoms with Crippen molar-refractivity contribution in [2.75, 3.05) is 6.61 Å². The summed E-state index contributed by atoms with van der Waals surface area (Å²) in [6.45, 7) is 5.39. The summed E-state index contributed by atoms with van der Waals surface area (Å²) >= 11 is 0. The van der Waals surface area contributed by atoms with E-state index in [1.165, 1.54) is 4.90 Å². The van der Waals surface area contributed by atoms with Crippen LogP contribution < -0.4 is 0 Å². The van der Waals surface area contributed by atoms with Gasteiger partial charge in [-0.2, -0.15) is 0 Å². The number of carbonyl (C=O) groups excluding carboxylic acids is 2. The lowest BCUT2D eigenvalue weighted by Crippen LogP contribution is -2.42. The lowest BCUT2D eigenvalue weighted by Gasteiger charge is -2.26. The number of likely N-dealkylation sites (tertiary alicyclic amines) is 1. The van der Waals surface area contributed by atoms with Crippen LogP contribution in [-0.2, 0) is 9.59 Å². The molecule has 0 aromatic heterocycles. The van der Waals surface area contributed by atoms with E-state index < -0.39 is 11.5 Å². The van der Waals surface area contributed by atoms with Gasteiger partial charge in [0.15, 0.2) is 0 Å². The average molecular weight is 213 g/mol. The maximum Gasteiger partial charge on any atom is 0.236 e. The van der Waals surface area contributed by atoms with E-state index in [0.717, 1.165) is 0 Å². The molecule has 1 heterocycles. The van der Waals surface area contributed by atoms with E-state index in [2.05, 4.69) is 0 Å². The van der Waals surface area contributed by atoms with Crippen LogP contribution in [0, 0.1) is 5.41 Å². The minimum Gasteiger partial charge on any atom is -0.394 e. The van der Waals surface area contributed by atoms with E-state index in [1.807, 2.05) is 13.8 Å². The summed E-state index contributed by atoms with van der Waals surface area (Å²) in [4.78, 5) is 25.0. The molecule has 0 aromatic rings. The largest absolute Gasteiger partial charge is 0.394 e. The Morgan fingerprint density at radius 1 is 1.40 bits per heavy atom. The third-order valence-corrected chi connectivity index (χ3v) is 3.49. The Hall–Kier alpha value is -0.900. The lowest BCUT2D eigenvalue weighted by molar-refractivity contribution is -0.144. The van der Waals surface area contributed by atoms with Crippen molar-refractivity contribution in [1.29, 1.82) is 0 Å². The monoisotopic (exact) mass is 213 g/mol. The predicted molar refractivity (Wildman–Crippen MR) is 56.0 cm³/mol. The van der Waals surface area contributed by atoms with Gasteiger partial charge in [-0.05, 0) is 19.8 Å². The van der Waals surface area contributed by atoms with Gasteiger partial charge in [0.2, 0.25) is 11.8 Å². The molecule has 0 saturated carbocycles. The number of carbonyl (C=O) groups is 2. The van der Waals surface area contributed by atoms with E-state index in [4.69, 9.17) is 5.11 Å². The van der Waals surface area contributed by atoms with Gasteiger partial charge in [-0.15, -0.1) is 0 Å². The van der Waals surface area contributed by atoms with Crippen molar-refractivity contribution in [3.05, 3.63) is 0 Å². The van der Waals surface area contributed by atoms with E-state index >= 15 is 0 Å². The minimum atomic E-state index is -0.513. The van der Waals surface area contributed by atoms with Crippen LogP contribution in [-0.4, -0.2) is 34.5 Å². The summed E-state index contributed by atoms with van der Waals surface area (Å²) in [5.74, 6) is -0.260. The third kappa shape index (κ3) is 1.78. The molecule has 1 aliphatic rings. The molecule has 0 aliphatic carbocycles. The summed E-state index contributed by atoms with van der Waals surface area (Å²) in [6.07, 6.45) is 1.66. The standard InChI is InChI=1S/C11H19NO3/c1-4-11(5-2)6-9(14)12(10(11)15)8(3)7-13/h8,13H,4-7H2,1-3H3/t8-/m0/s1. The van der Waals surface area contributed by atoms with Crippen LogP contribution in [0.5, 0.6) is 0 Å². The molecular weight excluding hydrogens is 194 g/mol. The summed E-state index contributed by atoms with van der Waals surface area (Å²) in [6, 6.07) is -0.398. The van der Waals surface area contributed by atoms with Crippen molar-refractivity contribution in [3.63, 3.8) is 0 Å². The van der Waals surface area contributed by atoms with Crippen LogP contribution in [0.15, 0.2) is 0 Å². The van der Waals surface area contributed by atoms with Gasteiger partial charge in [0, 0.05) is 6.42 Å². The highest BCUT2D eigenvalue weighted by Crippen LogP contribution is 2.39. The number of amides is 2. The van der Waals surface area contributed by atoms with Crippen molar-refractivity contribution in [2.24, 2.45) is 5.41 Å². The van der Waals surface area contributed by atoms with Crippen molar-refractivity contribution >= 4 is 11.8 Å². The summed E-state index contributed by atoms with van der Waals surface area (Å²) in [5.41, 5.74) is -0.513. The number of aliphatic hydroxyl groups is 1. The van der Waals surface area contributed by atoms with Crippen molar-refractivity contribution in [3.8, 4) is 0 Å². The first-order chi connectivity index (χ1) is 7.02. The molecule has 1 rings (SSSR count). The van der Waals surface area contributed by atoms with Crippen LogP contribution in [0.25, 0.3) is 0 Å². The van der Waals surface area contributed by atoms with Gasteiger partial charge < -0.3 is 5.11 Å². The van der Waals surface area contributed by atoms with Gasteiger partial charge in [-0.3, -0.25) is 14.5 Å². The third-order valence-electron chi connectivity index (χ3n) is 3.49.